The van der Waals surface area contributed by atoms with Gasteiger partial charge in [0.05, 0.1) is 24.2 Å². The Morgan fingerprint density at radius 2 is 1.83 bits per heavy atom. The van der Waals surface area contributed by atoms with Crippen LogP contribution < -0.4 is 0 Å². The molecular formula is C15H20N2O6S. The van der Waals surface area contributed by atoms with Crippen molar-refractivity contribution in [1.82, 2.24) is 9.21 Å². The normalized spacial score (nSPS) is 15.8. The molecule has 0 saturated carbocycles. The molecule has 0 radical (unpaired) electrons. The minimum atomic E-state index is -3.74. The molecule has 0 N–H and O–H groups in total. The Morgan fingerprint density at radius 3 is 2.42 bits per heavy atom. The average molecular weight is 356 g/mol. The predicted molar refractivity (Wildman–Crippen MR) is 85.1 cm³/mol. The van der Waals surface area contributed by atoms with Gasteiger partial charge in [-0.25, -0.2) is 18.0 Å². The Hall–Kier alpha value is -2.13. The van der Waals surface area contributed by atoms with Crippen LogP contribution in [-0.2, 0) is 19.5 Å². The Morgan fingerprint density at radius 1 is 1.17 bits per heavy atom. The van der Waals surface area contributed by atoms with Crippen LogP contribution in [-0.4, -0.2) is 69.6 Å². The van der Waals surface area contributed by atoms with Gasteiger partial charge in [0.2, 0.25) is 10.0 Å². The maximum absolute atomic E-state index is 12.7. The van der Waals surface area contributed by atoms with Crippen LogP contribution in [0.2, 0.25) is 0 Å². The maximum Gasteiger partial charge on any atom is 0.409 e. The van der Waals surface area contributed by atoms with Crippen LogP contribution in [0, 0.1) is 0 Å². The summed E-state index contributed by atoms with van der Waals surface area (Å²) in [6.07, 6.45) is -0.442. The van der Waals surface area contributed by atoms with Crippen molar-refractivity contribution in [2.75, 3.05) is 39.9 Å². The number of piperazine rings is 1. The fourth-order valence-corrected chi connectivity index (χ4v) is 3.84. The highest BCUT2D eigenvalue weighted by Gasteiger charge is 2.30. The standard InChI is InChI=1S/C15H20N2O6S/c1-3-23-15(19)16-7-9-17(10-8-16)24(20,21)13-6-4-5-12(11-13)14(18)22-2/h4-6,11H,3,7-10H2,1-2H3. The SMILES string of the molecule is CCOC(=O)N1CCN(S(=O)(=O)c2cccc(C(=O)OC)c2)CC1. The van der Waals surface area contributed by atoms with Crippen LogP contribution in [0.3, 0.4) is 0 Å². The average Bonchev–Trinajstić information content (AvgIpc) is 2.61. The van der Waals surface area contributed by atoms with Gasteiger partial charge in [-0.05, 0) is 25.1 Å². The number of carbonyl (C=O) groups excluding carboxylic acids is 2. The smallest absolute Gasteiger partial charge is 0.409 e. The Kier molecular flexibility index (Phi) is 5.79. The molecule has 8 nitrogen and oxygen atoms in total. The molecule has 0 bridgehead atoms. The molecule has 0 aliphatic carbocycles. The summed E-state index contributed by atoms with van der Waals surface area (Å²) in [6, 6.07) is 5.70. The van der Waals surface area contributed by atoms with Crippen LogP contribution in [0.4, 0.5) is 4.79 Å². The molecule has 0 spiro atoms. The van der Waals surface area contributed by atoms with Gasteiger partial charge in [-0.2, -0.15) is 4.31 Å². The molecule has 0 atom stereocenters. The highest BCUT2D eigenvalue weighted by atomic mass is 32.2. The number of rotatable bonds is 4. The van der Waals surface area contributed by atoms with Gasteiger partial charge in [0, 0.05) is 26.2 Å². The fraction of sp³-hybridized carbons (Fsp3) is 0.467. The lowest BCUT2D eigenvalue weighted by atomic mass is 10.2. The van der Waals surface area contributed by atoms with Crippen molar-refractivity contribution in [1.29, 1.82) is 0 Å². The van der Waals surface area contributed by atoms with Gasteiger partial charge in [0.15, 0.2) is 0 Å². The lowest BCUT2D eigenvalue weighted by molar-refractivity contribution is 0.0600. The highest BCUT2D eigenvalue weighted by molar-refractivity contribution is 7.89. The zero-order chi connectivity index (χ0) is 17.7. The molecule has 1 saturated heterocycles. The zero-order valence-corrected chi connectivity index (χ0v) is 14.4. The van der Waals surface area contributed by atoms with E-state index in [2.05, 4.69) is 4.74 Å². The Labute approximate surface area is 141 Å². The van der Waals surface area contributed by atoms with Gasteiger partial charge in [-0.15, -0.1) is 0 Å². The van der Waals surface area contributed by atoms with Gasteiger partial charge in [-0.1, -0.05) is 6.07 Å². The van der Waals surface area contributed by atoms with E-state index >= 15 is 0 Å². The van der Waals surface area contributed by atoms with Gasteiger partial charge in [0.1, 0.15) is 0 Å². The summed E-state index contributed by atoms with van der Waals surface area (Å²) in [5.74, 6) is -0.598. The van der Waals surface area contributed by atoms with Gasteiger partial charge in [-0.3, -0.25) is 0 Å². The first-order valence-corrected chi connectivity index (χ1v) is 8.94. The molecule has 1 fully saturated rings. The van der Waals surface area contributed by atoms with Crippen LogP contribution >= 0.6 is 0 Å². The van der Waals surface area contributed by atoms with Crippen molar-refractivity contribution in [3.63, 3.8) is 0 Å². The van der Waals surface area contributed by atoms with E-state index in [0.29, 0.717) is 0 Å². The monoisotopic (exact) mass is 356 g/mol. The molecule has 24 heavy (non-hydrogen) atoms. The van der Waals surface area contributed by atoms with Crippen molar-refractivity contribution in [3.05, 3.63) is 29.8 Å². The third-order valence-corrected chi connectivity index (χ3v) is 5.55. The number of benzene rings is 1. The topological polar surface area (TPSA) is 93.2 Å². The van der Waals surface area contributed by atoms with Gasteiger partial charge in [0.25, 0.3) is 0 Å². The first-order valence-electron chi connectivity index (χ1n) is 7.50. The van der Waals surface area contributed by atoms with Crippen molar-refractivity contribution >= 4 is 22.1 Å². The second-order valence-electron chi connectivity index (χ2n) is 5.11. The predicted octanol–water partition coefficient (Wildman–Crippen LogP) is 0.936. The van der Waals surface area contributed by atoms with Gasteiger partial charge >= 0.3 is 12.1 Å². The molecule has 9 heteroatoms. The quantitative estimate of drug-likeness (QED) is 0.745. The number of amides is 1. The summed E-state index contributed by atoms with van der Waals surface area (Å²) in [7, 11) is -2.51. The van der Waals surface area contributed by atoms with E-state index in [1.165, 1.54) is 40.6 Å². The van der Waals surface area contributed by atoms with Crippen molar-refractivity contribution in [2.45, 2.75) is 11.8 Å². The number of esters is 1. The highest BCUT2D eigenvalue weighted by Crippen LogP contribution is 2.19. The lowest BCUT2D eigenvalue weighted by Gasteiger charge is -2.33. The summed E-state index contributed by atoms with van der Waals surface area (Å²) >= 11 is 0. The molecule has 0 aromatic heterocycles. The van der Waals surface area contributed by atoms with E-state index in [0.717, 1.165) is 0 Å². The van der Waals surface area contributed by atoms with Crippen molar-refractivity contribution < 1.29 is 27.5 Å². The minimum absolute atomic E-state index is 0.0231. The minimum Gasteiger partial charge on any atom is -0.465 e. The van der Waals surface area contributed by atoms with E-state index in [-0.39, 0.29) is 43.2 Å². The van der Waals surface area contributed by atoms with Gasteiger partial charge < -0.3 is 14.4 Å². The largest absolute Gasteiger partial charge is 0.465 e. The second kappa shape index (κ2) is 7.63. The van der Waals surface area contributed by atoms with E-state index < -0.39 is 22.1 Å². The lowest BCUT2D eigenvalue weighted by Crippen LogP contribution is -2.50. The van der Waals surface area contributed by atoms with Crippen molar-refractivity contribution in [2.24, 2.45) is 0 Å². The zero-order valence-electron chi connectivity index (χ0n) is 13.6. The van der Waals surface area contributed by atoms with E-state index in [4.69, 9.17) is 4.74 Å². The molecule has 2 rings (SSSR count). The second-order valence-corrected chi connectivity index (χ2v) is 7.05. The molecule has 1 aliphatic heterocycles. The summed E-state index contributed by atoms with van der Waals surface area (Å²) < 4.78 is 36.2. The molecule has 1 aromatic carbocycles. The molecule has 1 amide bonds. The van der Waals surface area contributed by atoms with E-state index in [1.54, 1.807) is 6.92 Å². The summed E-state index contributed by atoms with van der Waals surface area (Å²) in [5, 5.41) is 0. The number of sulfonamides is 1. The number of carbonyl (C=O) groups is 2. The number of methoxy groups -OCH3 is 1. The molecule has 132 valence electrons. The Balaban J connectivity index is 2.12. The summed E-state index contributed by atoms with van der Waals surface area (Å²) in [6.45, 7) is 2.85. The molecule has 0 unspecified atom stereocenters. The third-order valence-electron chi connectivity index (χ3n) is 3.66. The number of nitrogens with zero attached hydrogens (tertiary/aromatic N) is 2. The summed E-state index contributed by atoms with van der Waals surface area (Å²) in [5.41, 5.74) is 0.170. The van der Waals surface area contributed by atoms with Crippen LogP contribution in [0.5, 0.6) is 0 Å². The maximum atomic E-state index is 12.7. The molecule has 1 aliphatic rings. The van der Waals surface area contributed by atoms with Crippen LogP contribution in [0.25, 0.3) is 0 Å². The number of ether oxygens (including phenoxy) is 2. The number of hydrogen-bond acceptors (Lipinski definition) is 6. The Bertz CT molecular complexity index is 710. The molecule has 1 aromatic rings. The molecule has 1 heterocycles. The van der Waals surface area contributed by atoms with E-state index in [9.17, 15) is 18.0 Å². The fourth-order valence-electron chi connectivity index (χ4n) is 2.38. The van der Waals surface area contributed by atoms with E-state index in [1.807, 2.05) is 0 Å². The van der Waals surface area contributed by atoms with Crippen molar-refractivity contribution in [3.8, 4) is 0 Å². The first-order chi connectivity index (χ1) is 11.4. The number of hydrogen-bond donors (Lipinski definition) is 0. The summed E-state index contributed by atoms with van der Waals surface area (Å²) in [4.78, 5) is 24.7. The van der Waals surface area contributed by atoms with Crippen LogP contribution in [0.1, 0.15) is 17.3 Å². The van der Waals surface area contributed by atoms with Crippen LogP contribution in [0.15, 0.2) is 29.2 Å². The first kappa shape index (κ1) is 18.2. The molecular weight excluding hydrogens is 336 g/mol. The third kappa shape index (κ3) is 3.85.